The third-order valence-corrected chi connectivity index (χ3v) is 6.79. The summed E-state index contributed by atoms with van der Waals surface area (Å²) in [5.74, 6) is -0.319. The molecule has 4 rings (SSSR count). The zero-order chi connectivity index (χ0) is 22.7. The van der Waals surface area contributed by atoms with Crippen molar-refractivity contribution in [1.82, 2.24) is 4.90 Å². The molecule has 1 heterocycles. The summed E-state index contributed by atoms with van der Waals surface area (Å²) >= 11 is 0. The first-order valence-corrected chi connectivity index (χ1v) is 11.3. The maximum absolute atomic E-state index is 13.0. The minimum atomic E-state index is -1.48. The average Bonchev–Trinajstić information content (AvgIpc) is 2.81. The number of benzene rings is 2. The van der Waals surface area contributed by atoms with Gasteiger partial charge in [0.25, 0.3) is 11.8 Å². The topological polar surface area (TPSA) is 116 Å². The largest absolute Gasteiger partial charge is 0.387 e. The Morgan fingerprint density at radius 3 is 2.50 bits per heavy atom. The number of hydrogen-bond donors (Lipinski definition) is 4. The molecule has 2 aromatic carbocycles. The molecule has 32 heavy (non-hydrogen) atoms. The first-order valence-electron chi connectivity index (χ1n) is 11.3. The van der Waals surface area contributed by atoms with Crippen LogP contribution in [0.5, 0.6) is 0 Å². The average molecular weight is 438 g/mol. The SMILES string of the molecule is NCc1cccc(C2CCN(C(=O)c3cccc(NC(=O)C(O)C4(O)CCC4)c3)CC2)c1. The number of nitrogens with two attached hydrogens (primary N) is 1. The number of rotatable bonds is 6. The van der Waals surface area contributed by atoms with Crippen LogP contribution in [0.4, 0.5) is 5.69 Å². The van der Waals surface area contributed by atoms with Gasteiger partial charge in [-0.05, 0) is 67.3 Å². The number of aliphatic hydroxyl groups excluding tert-OH is 1. The molecule has 2 amide bonds. The Bertz CT molecular complexity index is 981. The van der Waals surface area contributed by atoms with Gasteiger partial charge in [0.1, 0.15) is 0 Å². The Balaban J connectivity index is 1.36. The number of hydrogen-bond acceptors (Lipinski definition) is 5. The van der Waals surface area contributed by atoms with Crippen molar-refractivity contribution in [2.24, 2.45) is 5.73 Å². The second-order valence-corrected chi connectivity index (χ2v) is 8.95. The third kappa shape index (κ3) is 4.70. The second kappa shape index (κ2) is 9.40. The summed E-state index contributed by atoms with van der Waals surface area (Å²) in [5, 5.41) is 23.0. The highest BCUT2D eigenvalue weighted by Crippen LogP contribution is 2.35. The Hall–Kier alpha value is -2.74. The van der Waals surface area contributed by atoms with E-state index in [1.165, 1.54) is 5.56 Å². The van der Waals surface area contributed by atoms with Gasteiger partial charge in [-0.3, -0.25) is 9.59 Å². The van der Waals surface area contributed by atoms with Crippen molar-refractivity contribution < 1.29 is 19.8 Å². The lowest BCUT2D eigenvalue weighted by Gasteiger charge is -2.39. The van der Waals surface area contributed by atoms with Crippen LogP contribution in [0.2, 0.25) is 0 Å². The molecule has 0 radical (unpaired) electrons. The zero-order valence-corrected chi connectivity index (χ0v) is 18.2. The van der Waals surface area contributed by atoms with Crippen LogP contribution < -0.4 is 11.1 Å². The number of likely N-dealkylation sites (tertiary alicyclic amines) is 1. The standard InChI is InChI=1S/C25H31N3O4/c26-16-17-4-1-5-19(14-17)18-8-12-28(13-9-18)24(31)20-6-2-7-21(15-20)27-23(30)22(29)25(32)10-3-11-25/h1-2,4-7,14-15,18,22,29,32H,3,8-13,16,26H2,(H,27,30). The number of carbonyl (C=O) groups excluding carboxylic acids is 2. The van der Waals surface area contributed by atoms with E-state index < -0.39 is 17.6 Å². The van der Waals surface area contributed by atoms with Crippen molar-refractivity contribution in [2.45, 2.75) is 56.3 Å². The molecule has 2 fully saturated rings. The molecule has 170 valence electrons. The van der Waals surface area contributed by atoms with E-state index in [0.29, 0.717) is 49.6 Å². The number of amides is 2. The van der Waals surface area contributed by atoms with Gasteiger partial charge in [-0.1, -0.05) is 30.3 Å². The van der Waals surface area contributed by atoms with Gasteiger partial charge in [0, 0.05) is 30.9 Å². The van der Waals surface area contributed by atoms with Crippen molar-refractivity contribution in [2.75, 3.05) is 18.4 Å². The van der Waals surface area contributed by atoms with Crippen LogP contribution in [-0.4, -0.2) is 51.7 Å². The Labute approximate surface area is 188 Å². The maximum atomic E-state index is 13.0. The van der Waals surface area contributed by atoms with E-state index >= 15 is 0 Å². The van der Waals surface area contributed by atoms with Gasteiger partial charge >= 0.3 is 0 Å². The Kier molecular flexibility index (Phi) is 6.60. The summed E-state index contributed by atoms with van der Waals surface area (Å²) in [6, 6.07) is 15.1. The Morgan fingerprint density at radius 2 is 1.84 bits per heavy atom. The summed E-state index contributed by atoms with van der Waals surface area (Å²) < 4.78 is 0. The molecule has 0 spiro atoms. The number of piperidine rings is 1. The minimum absolute atomic E-state index is 0.0755. The van der Waals surface area contributed by atoms with E-state index in [1.807, 2.05) is 17.0 Å². The van der Waals surface area contributed by atoms with Crippen LogP contribution in [0.3, 0.4) is 0 Å². The lowest BCUT2D eigenvalue weighted by molar-refractivity contribution is -0.154. The van der Waals surface area contributed by atoms with E-state index in [1.54, 1.807) is 24.3 Å². The van der Waals surface area contributed by atoms with Crippen LogP contribution in [0, 0.1) is 0 Å². The van der Waals surface area contributed by atoms with Crippen LogP contribution in [-0.2, 0) is 11.3 Å². The van der Waals surface area contributed by atoms with E-state index in [2.05, 4.69) is 17.4 Å². The fourth-order valence-corrected chi connectivity index (χ4v) is 4.57. The highest BCUT2D eigenvalue weighted by molar-refractivity contribution is 5.98. The second-order valence-electron chi connectivity index (χ2n) is 8.95. The number of aliphatic hydroxyl groups is 2. The monoisotopic (exact) mass is 437 g/mol. The smallest absolute Gasteiger partial charge is 0.256 e. The predicted molar refractivity (Wildman–Crippen MR) is 122 cm³/mol. The van der Waals surface area contributed by atoms with Crippen molar-refractivity contribution in [3.63, 3.8) is 0 Å². The van der Waals surface area contributed by atoms with E-state index in [0.717, 1.165) is 24.8 Å². The molecule has 1 unspecified atom stereocenters. The van der Waals surface area contributed by atoms with Crippen LogP contribution in [0.25, 0.3) is 0 Å². The molecule has 1 saturated carbocycles. The molecule has 7 nitrogen and oxygen atoms in total. The number of nitrogens with zero attached hydrogens (tertiary/aromatic N) is 1. The van der Waals surface area contributed by atoms with Gasteiger partial charge in [-0.15, -0.1) is 0 Å². The highest BCUT2D eigenvalue weighted by Gasteiger charge is 2.45. The summed E-state index contributed by atoms with van der Waals surface area (Å²) in [5.41, 5.74) is 7.73. The fourth-order valence-electron chi connectivity index (χ4n) is 4.57. The molecular weight excluding hydrogens is 406 g/mol. The quantitative estimate of drug-likeness (QED) is 0.554. The number of anilines is 1. The molecule has 5 N–H and O–H groups in total. The minimum Gasteiger partial charge on any atom is -0.387 e. The first kappa shape index (κ1) is 22.5. The third-order valence-electron chi connectivity index (χ3n) is 6.79. The molecule has 1 saturated heterocycles. The van der Waals surface area contributed by atoms with Crippen molar-refractivity contribution in [3.8, 4) is 0 Å². The lowest BCUT2D eigenvalue weighted by Crippen LogP contribution is -2.53. The highest BCUT2D eigenvalue weighted by atomic mass is 16.4. The summed E-state index contributed by atoms with van der Waals surface area (Å²) in [6.45, 7) is 1.85. The van der Waals surface area contributed by atoms with Crippen LogP contribution >= 0.6 is 0 Å². The van der Waals surface area contributed by atoms with Gasteiger partial charge in [0.2, 0.25) is 0 Å². The molecule has 2 aliphatic rings. The number of carbonyl (C=O) groups is 2. The normalized spacial score (nSPS) is 19.2. The maximum Gasteiger partial charge on any atom is 0.256 e. The van der Waals surface area contributed by atoms with Crippen molar-refractivity contribution in [3.05, 3.63) is 65.2 Å². The van der Waals surface area contributed by atoms with Crippen LogP contribution in [0.1, 0.15) is 59.5 Å². The zero-order valence-electron chi connectivity index (χ0n) is 18.2. The number of nitrogens with one attached hydrogen (secondary N) is 1. The van der Waals surface area contributed by atoms with Crippen LogP contribution in [0.15, 0.2) is 48.5 Å². The van der Waals surface area contributed by atoms with Gasteiger partial charge < -0.3 is 26.2 Å². The lowest BCUT2D eigenvalue weighted by atomic mass is 9.76. The molecule has 1 aliphatic carbocycles. The molecule has 1 atom stereocenters. The molecule has 0 bridgehead atoms. The summed E-state index contributed by atoms with van der Waals surface area (Å²) in [6.07, 6.45) is 1.91. The predicted octanol–water partition coefficient (Wildman–Crippen LogP) is 2.38. The van der Waals surface area contributed by atoms with Gasteiger partial charge in [-0.2, -0.15) is 0 Å². The first-order chi connectivity index (χ1) is 15.4. The molecule has 1 aliphatic heterocycles. The van der Waals surface area contributed by atoms with Gasteiger partial charge in [0.15, 0.2) is 6.10 Å². The molecule has 0 aromatic heterocycles. The molecule has 2 aromatic rings. The molecule has 7 heteroatoms. The fraction of sp³-hybridized carbons (Fsp3) is 0.440. The summed E-state index contributed by atoms with van der Waals surface area (Å²) in [4.78, 5) is 27.2. The van der Waals surface area contributed by atoms with E-state index in [9.17, 15) is 19.8 Å². The van der Waals surface area contributed by atoms with E-state index in [-0.39, 0.29) is 5.91 Å². The van der Waals surface area contributed by atoms with Gasteiger partial charge in [-0.25, -0.2) is 0 Å². The molecular formula is C25H31N3O4. The van der Waals surface area contributed by atoms with Gasteiger partial charge in [0.05, 0.1) is 5.60 Å². The van der Waals surface area contributed by atoms with Crippen molar-refractivity contribution in [1.29, 1.82) is 0 Å². The van der Waals surface area contributed by atoms with E-state index in [4.69, 9.17) is 5.73 Å². The van der Waals surface area contributed by atoms with Crippen molar-refractivity contribution >= 4 is 17.5 Å². The Morgan fingerprint density at radius 1 is 1.12 bits per heavy atom. The summed E-state index contributed by atoms with van der Waals surface area (Å²) in [7, 11) is 0.